The molecule has 96 valence electrons. The lowest BCUT2D eigenvalue weighted by molar-refractivity contribution is 0.374. The molecule has 1 N–H and O–H groups in total. The van der Waals surface area contributed by atoms with E-state index >= 15 is 0 Å². The summed E-state index contributed by atoms with van der Waals surface area (Å²) in [6.07, 6.45) is 3.42. The van der Waals surface area contributed by atoms with Crippen molar-refractivity contribution in [3.63, 3.8) is 0 Å². The van der Waals surface area contributed by atoms with E-state index in [1.807, 2.05) is 12.1 Å². The molecule has 0 aliphatic heterocycles. The molecule has 2 heteroatoms. The van der Waals surface area contributed by atoms with Gasteiger partial charge in [-0.15, -0.1) is 0 Å². The Bertz CT molecular complexity index is 320. The van der Waals surface area contributed by atoms with Crippen LogP contribution in [-0.2, 0) is 0 Å². The fraction of sp³-hybridized carbons (Fsp3) is 0.600. The highest BCUT2D eigenvalue weighted by atomic mass is 16.5. The first-order valence-electron chi connectivity index (χ1n) is 6.65. The minimum absolute atomic E-state index is 0.385. The zero-order valence-corrected chi connectivity index (χ0v) is 11.5. The van der Waals surface area contributed by atoms with Crippen LogP contribution in [0.3, 0.4) is 0 Å². The molecule has 0 aliphatic carbocycles. The lowest BCUT2D eigenvalue weighted by Gasteiger charge is -2.25. The lowest BCUT2D eigenvalue weighted by Crippen LogP contribution is -2.31. The monoisotopic (exact) mass is 235 g/mol. The Morgan fingerprint density at radius 3 is 2.24 bits per heavy atom. The first-order chi connectivity index (χ1) is 8.26. The third kappa shape index (κ3) is 3.74. The Labute approximate surface area is 105 Å². The van der Waals surface area contributed by atoms with E-state index in [1.165, 1.54) is 18.4 Å². The summed E-state index contributed by atoms with van der Waals surface area (Å²) in [5.74, 6) is 0.984. The first kappa shape index (κ1) is 14.0. The Kier molecular flexibility index (Phi) is 6.06. The van der Waals surface area contributed by atoms with E-state index in [9.17, 15) is 0 Å². The topological polar surface area (TPSA) is 21.3 Å². The van der Waals surface area contributed by atoms with Crippen LogP contribution in [0.25, 0.3) is 0 Å². The summed E-state index contributed by atoms with van der Waals surface area (Å²) in [4.78, 5) is 0. The molecular formula is C15H25NO. The predicted molar refractivity (Wildman–Crippen MR) is 73.5 cm³/mol. The van der Waals surface area contributed by atoms with Crippen molar-refractivity contribution in [2.75, 3.05) is 7.11 Å². The number of rotatable bonds is 7. The SMILES string of the molecule is CCC(CC)NC(CC)c1ccccc1OC. The molecule has 0 spiro atoms. The molecule has 1 aromatic rings. The number of hydrogen-bond donors (Lipinski definition) is 1. The molecule has 2 nitrogen and oxygen atoms in total. The van der Waals surface area contributed by atoms with Crippen LogP contribution in [0.5, 0.6) is 5.75 Å². The maximum absolute atomic E-state index is 5.44. The number of methoxy groups -OCH3 is 1. The van der Waals surface area contributed by atoms with Crippen molar-refractivity contribution >= 4 is 0 Å². The zero-order valence-electron chi connectivity index (χ0n) is 11.5. The van der Waals surface area contributed by atoms with Crippen molar-refractivity contribution in [1.29, 1.82) is 0 Å². The molecule has 0 bridgehead atoms. The van der Waals surface area contributed by atoms with E-state index in [0.717, 1.165) is 12.2 Å². The van der Waals surface area contributed by atoms with E-state index in [4.69, 9.17) is 4.74 Å². The standard InChI is InChI=1S/C15H25NO/c1-5-12(6-2)16-14(7-3)13-10-8-9-11-15(13)17-4/h8-12,14,16H,5-7H2,1-4H3. The van der Waals surface area contributed by atoms with Gasteiger partial charge >= 0.3 is 0 Å². The van der Waals surface area contributed by atoms with Crippen LogP contribution in [0.15, 0.2) is 24.3 Å². The fourth-order valence-corrected chi connectivity index (χ4v) is 2.19. The minimum Gasteiger partial charge on any atom is -0.496 e. The molecule has 0 amide bonds. The summed E-state index contributed by atoms with van der Waals surface area (Å²) >= 11 is 0. The van der Waals surface area contributed by atoms with Gasteiger partial charge in [0.05, 0.1) is 7.11 Å². The third-order valence-corrected chi connectivity index (χ3v) is 3.35. The molecule has 1 unspecified atom stereocenters. The van der Waals surface area contributed by atoms with Crippen LogP contribution in [0.1, 0.15) is 51.6 Å². The minimum atomic E-state index is 0.385. The first-order valence-corrected chi connectivity index (χ1v) is 6.65. The van der Waals surface area contributed by atoms with Gasteiger partial charge in [-0.05, 0) is 25.3 Å². The molecule has 0 heterocycles. The van der Waals surface area contributed by atoms with E-state index in [0.29, 0.717) is 12.1 Å². The van der Waals surface area contributed by atoms with Crippen LogP contribution in [0, 0.1) is 0 Å². The van der Waals surface area contributed by atoms with Crippen molar-refractivity contribution in [3.05, 3.63) is 29.8 Å². The van der Waals surface area contributed by atoms with Gasteiger partial charge < -0.3 is 10.1 Å². The van der Waals surface area contributed by atoms with Crippen molar-refractivity contribution in [2.45, 2.75) is 52.1 Å². The average molecular weight is 235 g/mol. The second-order valence-corrected chi connectivity index (χ2v) is 4.38. The Balaban J connectivity index is 2.85. The van der Waals surface area contributed by atoms with Gasteiger partial charge in [-0.25, -0.2) is 0 Å². The maximum atomic E-state index is 5.44. The largest absolute Gasteiger partial charge is 0.496 e. The van der Waals surface area contributed by atoms with Gasteiger partial charge in [0, 0.05) is 17.6 Å². The Hall–Kier alpha value is -1.02. The summed E-state index contributed by atoms with van der Waals surface area (Å²) in [5.41, 5.74) is 1.27. The molecule has 0 aromatic heterocycles. The highest BCUT2D eigenvalue weighted by Gasteiger charge is 2.16. The van der Waals surface area contributed by atoms with Crippen molar-refractivity contribution in [1.82, 2.24) is 5.32 Å². The predicted octanol–water partition coefficient (Wildman–Crippen LogP) is 3.92. The number of para-hydroxylation sites is 1. The van der Waals surface area contributed by atoms with Crippen molar-refractivity contribution in [2.24, 2.45) is 0 Å². The number of hydrogen-bond acceptors (Lipinski definition) is 2. The van der Waals surface area contributed by atoms with E-state index in [2.05, 4.69) is 38.2 Å². The Morgan fingerprint density at radius 1 is 1.06 bits per heavy atom. The van der Waals surface area contributed by atoms with Gasteiger partial charge in [0.25, 0.3) is 0 Å². The van der Waals surface area contributed by atoms with Gasteiger partial charge in [-0.1, -0.05) is 39.0 Å². The molecule has 0 aliphatic rings. The van der Waals surface area contributed by atoms with E-state index in [1.54, 1.807) is 7.11 Å². The molecule has 0 radical (unpaired) electrons. The van der Waals surface area contributed by atoms with Crippen LogP contribution >= 0.6 is 0 Å². The quantitative estimate of drug-likeness (QED) is 0.773. The molecule has 0 fully saturated rings. The second-order valence-electron chi connectivity index (χ2n) is 4.38. The smallest absolute Gasteiger partial charge is 0.123 e. The van der Waals surface area contributed by atoms with Crippen molar-refractivity contribution < 1.29 is 4.74 Å². The third-order valence-electron chi connectivity index (χ3n) is 3.35. The summed E-state index contributed by atoms with van der Waals surface area (Å²) in [5, 5.41) is 3.71. The molecule has 0 saturated carbocycles. The van der Waals surface area contributed by atoms with Crippen LogP contribution in [0.2, 0.25) is 0 Å². The summed E-state index contributed by atoms with van der Waals surface area (Å²) < 4.78 is 5.44. The van der Waals surface area contributed by atoms with Crippen LogP contribution in [0.4, 0.5) is 0 Å². The Morgan fingerprint density at radius 2 is 1.71 bits per heavy atom. The lowest BCUT2D eigenvalue weighted by atomic mass is 10.0. The molecule has 0 saturated heterocycles. The highest BCUT2D eigenvalue weighted by molar-refractivity contribution is 5.35. The van der Waals surface area contributed by atoms with E-state index in [-0.39, 0.29) is 0 Å². The van der Waals surface area contributed by atoms with Gasteiger partial charge in [-0.2, -0.15) is 0 Å². The number of ether oxygens (including phenoxy) is 1. The van der Waals surface area contributed by atoms with Gasteiger partial charge in [0.1, 0.15) is 5.75 Å². The summed E-state index contributed by atoms with van der Waals surface area (Å²) in [6.45, 7) is 6.68. The number of benzene rings is 1. The number of nitrogens with one attached hydrogen (secondary N) is 1. The van der Waals surface area contributed by atoms with Gasteiger partial charge in [-0.3, -0.25) is 0 Å². The van der Waals surface area contributed by atoms with Crippen LogP contribution in [-0.4, -0.2) is 13.2 Å². The summed E-state index contributed by atoms with van der Waals surface area (Å²) in [7, 11) is 1.74. The fourth-order valence-electron chi connectivity index (χ4n) is 2.19. The second kappa shape index (κ2) is 7.33. The normalized spacial score (nSPS) is 12.8. The average Bonchev–Trinajstić information content (AvgIpc) is 2.40. The molecule has 17 heavy (non-hydrogen) atoms. The highest BCUT2D eigenvalue weighted by Crippen LogP contribution is 2.27. The molecule has 1 atom stereocenters. The molecular weight excluding hydrogens is 210 g/mol. The zero-order chi connectivity index (χ0) is 12.7. The summed E-state index contributed by atoms with van der Waals surface area (Å²) in [6, 6.07) is 9.26. The maximum Gasteiger partial charge on any atom is 0.123 e. The van der Waals surface area contributed by atoms with Gasteiger partial charge in [0.15, 0.2) is 0 Å². The van der Waals surface area contributed by atoms with Crippen molar-refractivity contribution in [3.8, 4) is 5.75 Å². The van der Waals surface area contributed by atoms with Crippen LogP contribution < -0.4 is 10.1 Å². The van der Waals surface area contributed by atoms with E-state index < -0.39 is 0 Å². The molecule has 1 rings (SSSR count). The molecule has 1 aromatic carbocycles. The van der Waals surface area contributed by atoms with Gasteiger partial charge in [0.2, 0.25) is 0 Å².